The molecule has 0 radical (unpaired) electrons. The number of terminal acetylenes is 1. The van der Waals surface area contributed by atoms with Gasteiger partial charge in [0.25, 0.3) is 0 Å². The average molecular weight is 712 g/mol. The Hall–Kier alpha value is -4.45. The van der Waals surface area contributed by atoms with Crippen LogP contribution in [0.3, 0.4) is 0 Å². The minimum atomic E-state index is -4.17. The van der Waals surface area contributed by atoms with Crippen LogP contribution in [0.5, 0.6) is 5.75 Å². The molecule has 1 unspecified atom stereocenters. The van der Waals surface area contributed by atoms with Gasteiger partial charge in [-0.05, 0) is 78.8 Å². The number of aromatic nitrogens is 2. The van der Waals surface area contributed by atoms with Gasteiger partial charge in [0.2, 0.25) is 0 Å². The van der Waals surface area contributed by atoms with Gasteiger partial charge in [-0.2, -0.15) is 13.2 Å². The zero-order chi connectivity index (χ0) is 36.0. The summed E-state index contributed by atoms with van der Waals surface area (Å²) < 4.78 is 49.4. The average Bonchev–Trinajstić information content (AvgIpc) is 3.48. The van der Waals surface area contributed by atoms with Gasteiger partial charge < -0.3 is 14.0 Å². The minimum absolute atomic E-state index is 0.0108. The fourth-order valence-electron chi connectivity index (χ4n) is 5.06. The third-order valence-corrected chi connectivity index (χ3v) is 8.09. The molecule has 0 saturated carbocycles. The Morgan fingerprint density at radius 1 is 0.980 bits per heavy atom. The number of nitrogens with zero attached hydrogens (tertiary/aromatic N) is 2. The van der Waals surface area contributed by atoms with E-state index in [0.29, 0.717) is 34.5 Å². The lowest BCUT2D eigenvalue weighted by Gasteiger charge is -2.14. The molecule has 0 fully saturated rings. The lowest BCUT2D eigenvalue weighted by atomic mass is 9.97. The zero-order valence-corrected chi connectivity index (χ0v) is 29.2. The lowest BCUT2D eigenvalue weighted by Crippen LogP contribution is -2.10. The van der Waals surface area contributed by atoms with E-state index in [1.807, 2.05) is 74.7 Å². The number of ether oxygens (including phenoxy) is 2. The van der Waals surface area contributed by atoms with Gasteiger partial charge in [0.15, 0.2) is 0 Å². The highest BCUT2D eigenvalue weighted by molar-refractivity contribution is 6.36. The fraction of sp³-hybridized carbons (Fsp3) is 0.282. The van der Waals surface area contributed by atoms with Crippen LogP contribution in [0.1, 0.15) is 50.9 Å². The van der Waals surface area contributed by atoms with Crippen molar-refractivity contribution in [3.63, 3.8) is 0 Å². The number of methoxy groups -OCH3 is 1. The highest BCUT2D eigenvalue weighted by Crippen LogP contribution is 2.31. The first kappa shape index (κ1) is 39.0. The van der Waals surface area contributed by atoms with Gasteiger partial charge in [-0.3, -0.25) is 4.79 Å². The van der Waals surface area contributed by atoms with Crippen LogP contribution in [0.15, 0.2) is 84.6 Å². The first-order valence-electron chi connectivity index (χ1n) is 15.6. The molecule has 49 heavy (non-hydrogen) atoms. The number of imidazole rings is 1. The van der Waals surface area contributed by atoms with Crippen molar-refractivity contribution < 1.29 is 27.4 Å². The molecular weight excluding hydrogens is 672 g/mol. The van der Waals surface area contributed by atoms with Crippen LogP contribution in [-0.4, -0.2) is 35.4 Å². The van der Waals surface area contributed by atoms with Crippen molar-refractivity contribution in [2.75, 3.05) is 13.7 Å². The highest BCUT2D eigenvalue weighted by Gasteiger charge is 2.26. The number of carbonyl (C=O) groups is 1. The molecule has 0 bridgehead atoms. The summed E-state index contributed by atoms with van der Waals surface area (Å²) in [5.41, 5.74) is 5.57. The van der Waals surface area contributed by atoms with Crippen LogP contribution in [0.2, 0.25) is 10.0 Å². The summed E-state index contributed by atoms with van der Waals surface area (Å²) in [6.45, 7) is 4.62. The van der Waals surface area contributed by atoms with Crippen LogP contribution in [-0.2, 0) is 16.1 Å². The Bertz CT molecular complexity index is 1740. The number of esters is 1. The monoisotopic (exact) mass is 710 g/mol. The SMILES string of the molecule is C#C.C/C=C(\CC(C)CC(=O)OC)Cn1cc(-c2ccc(Cl)cc2Cl)nc1/C=C/c1ccc(-c2ccc(OCCCC(F)(F)F)cc2)cc1. The molecule has 0 saturated heterocycles. The maximum Gasteiger partial charge on any atom is 0.389 e. The largest absolute Gasteiger partial charge is 0.494 e. The van der Waals surface area contributed by atoms with E-state index in [1.165, 1.54) is 7.11 Å². The molecule has 0 spiro atoms. The molecule has 0 aliphatic carbocycles. The predicted molar refractivity (Wildman–Crippen MR) is 193 cm³/mol. The Balaban J connectivity index is 0.00000319. The van der Waals surface area contributed by atoms with Gasteiger partial charge in [-0.25, -0.2) is 4.98 Å². The molecule has 4 rings (SSSR count). The van der Waals surface area contributed by atoms with Gasteiger partial charge in [-0.1, -0.05) is 84.2 Å². The maximum atomic E-state index is 12.3. The number of alkyl halides is 3. The Morgan fingerprint density at radius 2 is 1.63 bits per heavy atom. The normalized spacial score (nSPS) is 12.3. The number of hydrogen-bond acceptors (Lipinski definition) is 4. The molecule has 4 aromatic rings. The lowest BCUT2D eigenvalue weighted by molar-refractivity contribution is -0.141. The molecule has 0 aliphatic heterocycles. The van der Waals surface area contributed by atoms with Gasteiger partial charge in [0.1, 0.15) is 11.6 Å². The molecule has 0 aliphatic rings. The zero-order valence-electron chi connectivity index (χ0n) is 27.6. The van der Waals surface area contributed by atoms with E-state index >= 15 is 0 Å². The molecular formula is C39H39Cl2F3N2O3. The van der Waals surface area contributed by atoms with Gasteiger partial charge in [0.05, 0.1) is 24.4 Å². The second-order valence-electron chi connectivity index (χ2n) is 11.3. The van der Waals surface area contributed by atoms with Crippen LogP contribution >= 0.6 is 23.2 Å². The summed E-state index contributed by atoms with van der Waals surface area (Å²) >= 11 is 12.7. The molecule has 0 amide bonds. The van der Waals surface area contributed by atoms with Crippen molar-refractivity contribution in [2.45, 2.75) is 52.3 Å². The fourth-order valence-corrected chi connectivity index (χ4v) is 5.57. The Morgan fingerprint density at radius 3 is 2.22 bits per heavy atom. The number of benzene rings is 3. The van der Waals surface area contributed by atoms with Crippen LogP contribution in [0.25, 0.3) is 34.5 Å². The van der Waals surface area contributed by atoms with E-state index in [-0.39, 0.29) is 24.9 Å². The molecule has 0 N–H and O–H groups in total. The second-order valence-corrected chi connectivity index (χ2v) is 12.2. The molecule has 5 nitrogen and oxygen atoms in total. The third-order valence-electron chi connectivity index (χ3n) is 7.55. The van der Waals surface area contributed by atoms with Crippen LogP contribution < -0.4 is 4.74 Å². The quantitative estimate of drug-likeness (QED) is 0.0566. The Labute approximate surface area is 296 Å². The van der Waals surface area contributed by atoms with Crippen LogP contribution in [0, 0.1) is 18.8 Å². The summed E-state index contributed by atoms with van der Waals surface area (Å²) in [5, 5.41) is 1.05. The summed E-state index contributed by atoms with van der Waals surface area (Å²) in [7, 11) is 1.40. The van der Waals surface area contributed by atoms with E-state index in [4.69, 9.17) is 37.7 Å². The summed E-state index contributed by atoms with van der Waals surface area (Å²) in [4.78, 5) is 16.7. The maximum absolute atomic E-state index is 12.3. The van der Waals surface area contributed by atoms with E-state index in [9.17, 15) is 18.0 Å². The number of allylic oxidation sites excluding steroid dienone is 2. The van der Waals surface area contributed by atoms with Crippen molar-refractivity contribution in [2.24, 2.45) is 5.92 Å². The molecule has 1 heterocycles. The summed E-state index contributed by atoms with van der Waals surface area (Å²) in [6, 6.07) is 20.6. The first-order chi connectivity index (χ1) is 23.4. The van der Waals surface area contributed by atoms with E-state index in [0.717, 1.165) is 40.1 Å². The highest BCUT2D eigenvalue weighted by atomic mass is 35.5. The predicted octanol–water partition coefficient (Wildman–Crippen LogP) is 11.2. The number of hydrogen-bond donors (Lipinski definition) is 0. The van der Waals surface area contributed by atoms with Crippen molar-refractivity contribution in [1.29, 1.82) is 0 Å². The molecule has 3 aromatic carbocycles. The van der Waals surface area contributed by atoms with Gasteiger partial charge in [-0.15, -0.1) is 12.8 Å². The van der Waals surface area contributed by atoms with Crippen molar-refractivity contribution in [1.82, 2.24) is 9.55 Å². The number of rotatable bonds is 14. The van der Waals surface area contributed by atoms with Crippen molar-refractivity contribution in [3.8, 4) is 41.0 Å². The van der Waals surface area contributed by atoms with Crippen molar-refractivity contribution >= 4 is 41.3 Å². The van der Waals surface area contributed by atoms with E-state index < -0.39 is 12.6 Å². The van der Waals surface area contributed by atoms with Gasteiger partial charge in [0, 0.05) is 36.2 Å². The molecule has 1 atom stereocenters. The second kappa shape index (κ2) is 18.9. The smallest absolute Gasteiger partial charge is 0.389 e. The van der Waals surface area contributed by atoms with Crippen molar-refractivity contribution in [3.05, 3.63) is 106 Å². The van der Waals surface area contributed by atoms with Gasteiger partial charge >= 0.3 is 12.1 Å². The summed E-state index contributed by atoms with van der Waals surface area (Å²) in [6.07, 6.45) is 11.9. The number of halogens is 5. The number of carbonyl (C=O) groups excluding carboxylic acids is 1. The van der Waals surface area contributed by atoms with E-state index in [1.54, 1.807) is 24.3 Å². The first-order valence-corrected chi connectivity index (χ1v) is 16.3. The summed E-state index contributed by atoms with van der Waals surface area (Å²) in [5.74, 6) is 1.16. The van der Waals surface area contributed by atoms with E-state index in [2.05, 4.69) is 23.5 Å². The standard InChI is InChI=1S/C37H37Cl2F3N2O3.C2H2/c1-4-26(20-25(2)21-36(45)46-3)23-44-24-34(32-16-13-30(38)22-33(32)39)43-35(44)17-8-27-6-9-28(10-7-27)29-11-14-31(15-12-29)47-19-5-18-37(40,41)42;1-2/h4,6-17,22,24-25H,5,18-21,23H2,1-3H3;1-2H/b17-8+,26-4+;. The molecule has 1 aromatic heterocycles. The molecule has 10 heteroatoms. The minimum Gasteiger partial charge on any atom is -0.494 e. The van der Waals surface area contributed by atoms with Crippen LogP contribution in [0.4, 0.5) is 13.2 Å². The third kappa shape index (κ3) is 12.5. The topological polar surface area (TPSA) is 53.4 Å². The molecule has 258 valence electrons. The Kier molecular flexibility index (Phi) is 15.1.